The minimum atomic E-state index is 0.298. The zero-order chi connectivity index (χ0) is 14.0. The number of aromatic nitrogens is 2. The number of methoxy groups -OCH3 is 2. The number of rotatable bonds is 4. The number of nitrogen functional groups attached to an aromatic ring is 1. The Bertz CT molecular complexity index is 576. The Balaban J connectivity index is 2.61. The number of H-pyrrole nitrogens is 1. The predicted molar refractivity (Wildman–Crippen MR) is 75.6 cm³/mol. The van der Waals surface area contributed by atoms with Gasteiger partial charge >= 0.3 is 0 Å². The molecular weight excluding hydrogens is 242 g/mol. The average Bonchev–Trinajstić information content (AvgIpc) is 2.80. The second-order valence-electron chi connectivity index (χ2n) is 4.62. The fraction of sp³-hybridized carbons (Fsp3) is 0.357. The zero-order valence-electron chi connectivity index (χ0n) is 11.7. The first-order valence-electron chi connectivity index (χ1n) is 6.14. The summed E-state index contributed by atoms with van der Waals surface area (Å²) in [6.45, 7) is 4.18. The van der Waals surface area contributed by atoms with Gasteiger partial charge in [0.1, 0.15) is 11.5 Å². The van der Waals surface area contributed by atoms with Crippen LogP contribution in [0.5, 0.6) is 11.5 Å². The van der Waals surface area contributed by atoms with E-state index >= 15 is 0 Å². The Labute approximate surface area is 112 Å². The van der Waals surface area contributed by atoms with E-state index in [1.807, 2.05) is 18.2 Å². The molecule has 0 spiro atoms. The Morgan fingerprint density at radius 1 is 1.21 bits per heavy atom. The fourth-order valence-electron chi connectivity index (χ4n) is 2.08. The molecule has 0 atom stereocenters. The van der Waals surface area contributed by atoms with Crippen molar-refractivity contribution in [2.24, 2.45) is 0 Å². The van der Waals surface area contributed by atoms with Gasteiger partial charge in [0.15, 0.2) is 5.82 Å². The van der Waals surface area contributed by atoms with Crippen LogP contribution in [0.1, 0.15) is 25.5 Å². The molecule has 0 saturated carbocycles. The van der Waals surface area contributed by atoms with Crippen LogP contribution < -0.4 is 15.2 Å². The SMILES string of the molecule is COc1ccc(-c2c(N)n[nH]c2C(C)C)c(OC)c1. The summed E-state index contributed by atoms with van der Waals surface area (Å²) in [7, 11) is 3.25. The smallest absolute Gasteiger partial charge is 0.153 e. The highest BCUT2D eigenvalue weighted by Gasteiger charge is 2.19. The molecule has 1 aromatic carbocycles. The first kappa shape index (κ1) is 13.3. The summed E-state index contributed by atoms with van der Waals surface area (Å²) in [5.74, 6) is 2.24. The molecule has 19 heavy (non-hydrogen) atoms. The van der Waals surface area contributed by atoms with Crippen LogP contribution in [0.15, 0.2) is 18.2 Å². The zero-order valence-corrected chi connectivity index (χ0v) is 11.7. The second-order valence-corrected chi connectivity index (χ2v) is 4.62. The third-order valence-corrected chi connectivity index (χ3v) is 3.08. The van der Waals surface area contributed by atoms with Crippen molar-refractivity contribution >= 4 is 5.82 Å². The number of nitrogens with two attached hydrogens (primary N) is 1. The maximum absolute atomic E-state index is 5.98. The molecule has 0 aliphatic rings. The Morgan fingerprint density at radius 2 is 1.95 bits per heavy atom. The largest absolute Gasteiger partial charge is 0.497 e. The van der Waals surface area contributed by atoms with Crippen LogP contribution in [0.2, 0.25) is 0 Å². The quantitative estimate of drug-likeness (QED) is 0.887. The maximum atomic E-state index is 5.98. The van der Waals surface area contributed by atoms with Crippen molar-refractivity contribution in [1.29, 1.82) is 0 Å². The van der Waals surface area contributed by atoms with Crippen LogP contribution in [0.3, 0.4) is 0 Å². The summed E-state index contributed by atoms with van der Waals surface area (Å²) in [6, 6.07) is 5.66. The van der Waals surface area contributed by atoms with Crippen molar-refractivity contribution in [3.8, 4) is 22.6 Å². The monoisotopic (exact) mass is 261 g/mol. The summed E-state index contributed by atoms with van der Waals surface area (Å²) in [5.41, 5.74) is 8.79. The average molecular weight is 261 g/mol. The van der Waals surface area contributed by atoms with Crippen molar-refractivity contribution in [3.05, 3.63) is 23.9 Å². The number of nitrogens with zero attached hydrogens (tertiary/aromatic N) is 1. The van der Waals surface area contributed by atoms with E-state index in [1.165, 1.54) is 0 Å². The number of hydrogen-bond acceptors (Lipinski definition) is 4. The highest BCUT2D eigenvalue weighted by Crippen LogP contribution is 2.39. The highest BCUT2D eigenvalue weighted by atomic mass is 16.5. The highest BCUT2D eigenvalue weighted by molar-refractivity contribution is 5.81. The van der Waals surface area contributed by atoms with Crippen LogP contribution in [0, 0.1) is 0 Å². The molecule has 5 heteroatoms. The molecule has 2 rings (SSSR count). The molecule has 0 fully saturated rings. The van der Waals surface area contributed by atoms with E-state index < -0.39 is 0 Å². The van der Waals surface area contributed by atoms with Gasteiger partial charge in [-0.2, -0.15) is 5.10 Å². The molecule has 0 unspecified atom stereocenters. The Kier molecular flexibility index (Phi) is 3.64. The lowest BCUT2D eigenvalue weighted by Crippen LogP contribution is -1.96. The molecule has 1 aromatic heterocycles. The predicted octanol–water partition coefficient (Wildman–Crippen LogP) is 2.80. The summed E-state index contributed by atoms with van der Waals surface area (Å²) in [4.78, 5) is 0. The first-order chi connectivity index (χ1) is 9.08. The van der Waals surface area contributed by atoms with Crippen LogP contribution in [-0.4, -0.2) is 24.4 Å². The molecule has 3 N–H and O–H groups in total. The minimum Gasteiger partial charge on any atom is -0.497 e. The third-order valence-electron chi connectivity index (χ3n) is 3.08. The van der Waals surface area contributed by atoms with Gasteiger partial charge in [-0.1, -0.05) is 13.8 Å². The first-order valence-corrected chi connectivity index (χ1v) is 6.14. The molecule has 0 bridgehead atoms. The molecule has 2 aromatic rings. The van der Waals surface area contributed by atoms with Gasteiger partial charge in [0, 0.05) is 17.3 Å². The Hall–Kier alpha value is -2.17. The summed E-state index contributed by atoms with van der Waals surface area (Å²) >= 11 is 0. The molecule has 0 aliphatic heterocycles. The lowest BCUT2D eigenvalue weighted by Gasteiger charge is -2.12. The van der Waals surface area contributed by atoms with Crippen LogP contribution in [-0.2, 0) is 0 Å². The van der Waals surface area contributed by atoms with Gasteiger partial charge in [0.2, 0.25) is 0 Å². The normalized spacial score (nSPS) is 10.8. The maximum Gasteiger partial charge on any atom is 0.153 e. The molecule has 5 nitrogen and oxygen atoms in total. The number of benzene rings is 1. The van der Waals surface area contributed by atoms with Crippen LogP contribution in [0.25, 0.3) is 11.1 Å². The van der Waals surface area contributed by atoms with Crippen molar-refractivity contribution in [2.45, 2.75) is 19.8 Å². The minimum absolute atomic E-state index is 0.298. The molecule has 1 heterocycles. The van der Waals surface area contributed by atoms with Gasteiger partial charge < -0.3 is 15.2 Å². The van der Waals surface area contributed by atoms with Gasteiger partial charge in [-0.15, -0.1) is 0 Å². The summed E-state index contributed by atoms with van der Waals surface area (Å²) in [5, 5.41) is 7.09. The van der Waals surface area contributed by atoms with Crippen molar-refractivity contribution in [2.75, 3.05) is 20.0 Å². The fourth-order valence-corrected chi connectivity index (χ4v) is 2.08. The number of aromatic amines is 1. The van der Waals surface area contributed by atoms with E-state index in [2.05, 4.69) is 24.0 Å². The molecule has 0 saturated heterocycles. The molecular formula is C14H19N3O2. The van der Waals surface area contributed by atoms with E-state index in [1.54, 1.807) is 14.2 Å². The van der Waals surface area contributed by atoms with Crippen LogP contribution >= 0.6 is 0 Å². The van der Waals surface area contributed by atoms with Crippen molar-refractivity contribution in [3.63, 3.8) is 0 Å². The molecule has 0 amide bonds. The number of hydrogen-bond donors (Lipinski definition) is 2. The molecule has 0 aliphatic carbocycles. The van der Waals surface area contributed by atoms with Crippen molar-refractivity contribution in [1.82, 2.24) is 10.2 Å². The standard InChI is InChI=1S/C14H19N3O2/c1-8(2)13-12(14(15)17-16-13)10-6-5-9(18-3)7-11(10)19-4/h5-8H,1-4H3,(H3,15,16,17). The van der Waals surface area contributed by atoms with Crippen LogP contribution in [0.4, 0.5) is 5.82 Å². The van der Waals surface area contributed by atoms with Gasteiger partial charge in [0.25, 0.3) is 0 Å². The van der Waals surface area contributed by atoms with E-state index in [4.69, 9.17) is 15.2 Å². The number of nitrogens with one attached hydrogen (secondary N) is 1. The third kappa shape index (κ3) is 2.36. The summed E-state index contributed by atoms with van der Waals surface area (Å²) in [6.07, 6.45) is 0. The van der Waals surface area contributed by atoms with Gasteiger partial charge in [-0.05, 0) is 18.1 Å². The number of anilines is 1. The molecule has 102 valence electrons. The van der Waals surface area contributed by atoms with E-state index in [-0.39, 0.29) is 0 Å². The second kappa shape index (κ2) is 5.22. The van der Waals surface area contributed by atoms with E-state index in [0.29, 0.717) is 17.5 Å². The topological polar surface area (TPSA) is 73.2 Å². The lowest BCUT2D eigenvalue weighted by atomic mass is 9.98. The van der Waals surface area contributed by atoms with Crippen molar-refractivity contribution < 1.29 is 9.47 Å². The Morgan fingerprint density at radius 3 is 2.53 bits per heavy atom. The number of ether oxygens (including phenoxy) is 2. The van der Waals surface area contributed by atoms with Gasteiger partial charge in [0.05, 0.1) is 19.8 Å². The van der Waals surface area contributed by atoms with E-state index in [0.717, 1.165) is 22.6 Å². The van der Waals surface area contributed by atoms with E-state index in [9.17, 15) is 0 Å². The summed E-state index contributed by atoms with van der Waals surface area (Å²) < 4.78 is 10.6. The lowest BCUT2D eigenvalue weighted by molar-refractivity contribution is 0.395. The molecule has 0 radical (unpaired) electrons. The van der Waals surface area contributed by atoms with Gasteiger partial charge in [-0.3, -0.25) is 5.10 Å². The van der Waals surface area contributed by atoms with Gasteiger partial charge in [-0.25, -0.2) is 0 Å².